The number of likely N-dealkylation sites (tertiary alicyclic amines) is 3. The third kappa shape index (κ3) is 9.63. The molecule has 3 aliphatic heterocycles. The average molecular weight is 1020 g/mol. The highest BCUT2D eigenvalue weighted by molar-refractivity contribution is 5.14. The summed E-state index contributed by atoms with van der Waals surface area (Å²) < 4.78 is 0. The van der Waals surface area contributed by atoms with Crippen LogP contribution in [-0.2, 0) is 0 Å². The second kappa shape index (κ2) is 22.3. The highest BCUT2D eigenvalue weighted by Crippen LogP contribution is 2.63. The van der Waals surface area contributed by atoms with Crippen LogP contribution in [0.1, 0.15) is 264 Å². The molecule has 11 saturated carbocycles. The Balaban J connectivity index is 0.653. The van der Waals surface area contributed by atoms with E-state index < -0.39 is 0 Å². The molecule has 0 aromatic heterocycles. The lowest BCUT2D eigenvalue weighted by Crippen LogP contribution is -2.53. The van der Waals surface area contributed by atoms with Crippen molar-refractivity contribution in [3.63, 3.8) is 0 Å². The van der Waals surface area contributed by atoms with E-state index in [1.54, 1.807) is 64.2 Å². The van der Waals surface area contributed by atoms with Crippen molar-refractivity contribution in [1.82, 2.24) is 14.7 Å². The molecule has 3 heterocycles. The van der Waals surface area contributed by atoms with Crippen LogP contribution in [0.15, 0.2) is 0 Å². The first kappa shape index (κ1) is 52.0. The lowest BCUT2D eigenvalue weighted by molar-refractivity contribution is -0.00690. The first-order chi connectivity index (χ1) is 36.9. The van der Waals surface area contributed by atoms with Crippen molar-refractivity contribution in [2.75, 3.05) is 0 Å². The van der Waals surface area contributed by atoms with Gasteiger partial charge in [0.2, 0.25) is 0 Å². The fraction of sp³-hybridized carbons (Fsp3) is 0.971. The van der Waals surface area contributed by atoms with Crippen LogP contribution in [-0.4, -0.2) is 69.1 Å². The summed E-state index contributed by atoms with van der Waals surface area (Å²) in [5, 5.41) is 19.2. The van der Waals surface area contributed by atoms with Gasteiger partial charge in [-0.25, -0.2) is 0 Å². The van der Waals surface area contributed by atoms with Gasteiger partial charge in [0.25, 0.3) is 0 Å². The first-order valence-electron chi connectivity index (χ1n) is 35.0. The summed E-state index contributed by atoms with van der Waals surface area (Å²) in [7, 11) is 0. The van der Waals surface area contributed by atoms with Crippen LogP contribution in [0.2, 0.25) is 0 Å². The average Bonchev–Trinajstić information content (AvgIpc) is 4.18. The van der Waals surface area contributed by atoms with Crippen LogP contribution in [0.5, 0.6) is 0 Å². The number of nitriles is 2. The van der Waals surface area contributed by atoms with Gasteiger partial charge in [-0.15, -0.1) is 0 Å². The summed E-state index contributed by atoms with van der Waals surface area (Å²) >= 11 is 0. The maximum absolute atomic E-state index is 9.58. The quantitative estimate of drug-likeness (QED) is 0.254. The molecule has 18 unspecified atom stereocenters. The highest BCUT2D eigenvalue weighted by atomic mass is 15.3. The Kier molecular flexibility index (Phi) is 15.5. The van der Waals surface area contributed by atoms with Crippen molar-refractivity contribution in [1.29, 1.82) is 10.5 Å². The van der Waals surface area contributed by atoms with E-state index in [9.17, 15) is 10.5 Å². The van der Waals surface area contributed by atoms with Gasteiger partial charge in [0, 0.05) is 66.2 Å². The van der Waals surface area contributed by atoms with Gasteiger partial charge in [-0.2, -0.15) is 10.5 Å². The predicted octanol–water partition coefficient (Wildman–Crippen LogP) is 16.8. The van der Waals surface area contributed by atoms with Gasteiger partial charge in [0.05, 0.1) is 12.1 Å². The standard InChI is InChI=1S/C70H111N5/c1-44-36-54(52-28-34-67-61(38-52)59-12-6-8-14-65(59)73(67)57-30-24-50(25-31-57)48-20-16-46(42-71)17-21-48)40-63-64-41-55(37-45(2)70(64)75(69(44)63)56-10-4-3-5-11-56)53-29-35-68-62(39-53)60-13-7-9-15-66(60)74(68)58-32-26-51(27-33-58)49-22-18-47(43-72)19-23-49/h44-70H,3-41H2,1-2H3. The summed E-state index contributed by atoms with van der Waals surface area (Å²) in [4.78, 5) is 10.0. The zero-order chi connectivity index (χ0) is 50.3. The lowest BCUT2D eigenvalue weighted by Gasteiger charge is -2.49. The smallest absolute Gasteiger partial charge is 0.0655 e. The molecule has 0 bridgehead atoms. The molecule has 0 spiro atoms. The number of hydrogen-bond donors (Lipinski definition) is 0. The topological polar surface area (TPSA) is 57.3 Å². The Morgan fingerprint density at radius 2 is 0.600 bits per heavy atom. The second-order valence-corrected chi connectivity index (χ2v) is 31.6. The molecular formula is C70H111N5. The molecule has 0 radical (unpaired) electrons. The molecular weight excluding hydrogens is 911 g/mol. The largest absolute Gasteiger partial charge is 0.294 e. The van der Waals surface area contributed by atoms with Crippen LogP contribution in [0.3, 0.4) is 0 Å². The highest BCUT2D eigenvalue weighted by Gasteiger charge is 2.62. The summed E-state index contributed by atoms with van der Waals surface area (Å²) in [5.41, 5.74) is 0. The Morgan fingerprint density at radius 3 is 1.01 bits per heavy atom. The normalized spacial score (nSPS) is 53.0. The fourth-order valence-corrected chi connectivity index (χ4v) is 25.7. The van der Waals surface area contributed by atoms with Gasteiger partial charge < -0.3 is 0 Å². The van der Waals surface area contributed by atoms with E-state index in [-0.39, 0.29) is 0 Å². The molecule has 14 fully saturated rings. The molecule has 0 aromatic carbocycles. The number of fused-ring (bicyclic) bond motifs is 9. The monoisotopic (exact) mass is 1020 g/mol. The lowest BCUT2D eigenvalue weighted by atomic mass is 9.57. The summed E-state index contributed by atoms with van der Waals surface area (Å²) in [6.07, 6.45) is 57.3. The van der Waals surface area contributed by atoms with E-state index >= 15 is 0 Å². The first-order valence-corrected chi connectivity index (χ1v) is 35.0. The van der Waals surface area contributed by atoms with Crippen LogP contribution in [0.4, 0.5) is 0 Å². The predicted molar refractivity (Wildman–Crippen MR) is 305 cm³/mol. The Bertz CT molecular complexity index is 1850. The maximum Gasteiger partial charge on any atom is 0.0655 e. The molecule has 11 aliphatic carbocycles. The third-order valence-corrected chi connectivity index (χ3v) is 28.7. The van der Waals surface area contributed by atoms with Crippen molar-refractivity contribution in [2.45, 2.75) is 319 Å². The second-order valence-electron chi connectivity index (χ2n) is 31.6. The van der Waals surface area contributed by atoms with Gasteiger partial charge in [0.1, 0.15) is 0 Å². The third-order valence-electron chi connectivity index (χ3n) is 28.7. The fourth-order valence-electron chi connectivity index (χ4n) is 25.7. The Labute approximate surface area is 460 Å². The van der Waals surface area contributed by atoms with Crippen LogP contribution >= 0.6 is 0 Å². The summed E-state index contributed by atoms with van der Waals surface area (Å²) in [5.74, 6) is 16.1. The van der Waals surface area contributed by atoms with Gasteiger partial charge in [-0.05, 0) is 300 Å². The zero-order valence-electron chi connectivity index (χ0n) is 48.4. The molecule has 416 valence electrons. The van der Waals surface area contributed by atoms with Gasteiger partial charge in [-0.3, -0.25) is 14.7 Å². The molecule has 14 rings (SSSR count). The number of rotatable bonds is 7. The SMILES string of the molecule is CC1CC(C2CCC3C(C2)C2CCCCC2N3C2CCC(C3CCC(C#N)CC3)CC2)CC2C3CC(C4CCC5C(C4)C4CCCCC4N5C4CCC(C5CCC(C#N)CC5)CC4)CC(C)C3N(C3CCCCC3)C12. The van der Waals surface area contributed by atoms with E-state index in [2.05, 4.69) is 40.7 Å². The van der Waals surface area contributed by atoms with Crippen molar-refractivity contribution >= 4 is 0 Å². The van der Waals surface area contributed by atoms with E-state index in [0.29, 0.717) is 11.8 Å². The minimum atomic E-state index is 0.350. The summed E-state index contributed by atoms with van der Waals surface area (Å²) in [6, 6.07) is 13.2. The van der Waals surface area contributed by atoms with E-state index in [0.717, 1.165) is 149 Å². The van der Waals surface area contributed by atoms with E-state index in [4.69, 9.17) is 0 Å². The maximum atomic E-state index is 9.58. The Hall–Kier alpha value is -1.14. The van der Waals surface area contributed by atoms with Gasteiger partial charge >= 0.3 is 0 Å². The molecule has 5 heteroatoms. The van der Waals surface area contributed by atoms with Gasteiger partial charge in [-0.1, -0.05) is 58.8 Å². The van der Waals surface area contributed by atoms with Crippen LogP contribution < -0.4 is 0 Å². The van der Waals surface area contributed by atoms with Crippen LogP contribution in [0.25, 0.3) is 0 Å². The number of hydrogen-bond acceptors (Lipinski definition) is 5. The minimum absolute atomic E-state index is 0.350. The molecule has 14 aliphatic rings. The molecule has 5 nitrogen and oxygen atoms in total. The molecule has 0 amide bonds. The van der Waals surface area contributed by atoms with Crippen molar-refractivity contribution in [2.24, 2.45) is 107 Å². The Morgan fingerprint density at radius 1 is 0.267 bits per heavy atom. The molecule has 75 heavy (non-hydrogen) atoms. The zero-order valence-corrected chi connectivity index (χ0v) is 48.4. The summed E-state index contributed by atoms with van der Waals surface area (Å²) in [6.45, 7) is 5.65. The minimum Gasteiger partial charge on any atom is -0.294 e. The molecule has 0 N–H and O–H groups in total. The number of nitrogens with zero attached hydrogens (tertiary/aromatic N) is 5. The van der Waals surface area contributed by atoms with E-state index in [1.807, 2.05) is 0 Å². The molecule has 18 atom stereocenters. The van der Waals surface area contributed by atoms with E-state index in [1.165, 1.54) is 186 Å². The van der Waals surface area contributed by atoms with Gasteiger partial charge in [0.15, 0.2) is 0 Å². The van der Waals surface area contributed by atoms with Crippen LogP contribution in [0, 0.1) is 129 Å². The van der Waals surface area contributed by atoms with Crippen molar-refractivity contribution in [3.8, 4) is 12.1 Å². The van der Waals surface area contributed by atoms with Crippen molar-refractivity contribution in [3.05, 3.63) is 0 Å². The van der Waals surface area contributed by atoms with Crippen molar-refractivity contribution < 1.29 is 0 Å². The molecule has 3 saturated heterocycles. The molecule has 0 aromatic rings.